The van der Waals surface area contributed by atoms with Gasteiger partial charge >= 0.3 is 5.69 Å². The molecular formula is C19H21N4OS+. The van der Waals surface area contributed by atoms with E-state index in [0.717, 1.165) is 27.1 Å². The van der Waals surface area contributed by atoms with E-state index in [2.05, 4.69) is 23.3 Å². The third-order valence-electron chi connectivity index (χ3n) is 4.07. The van der Waals surface area contributed by atoms with E-state index in [1.165, 1.54) is 5.56 Å². The molecule has 3 rings (SSSR count). The van der Waals surface area contributed by atoms with Crippen molar-refractivity contribution in [2.75, 3.05) is 5.32 Å². The number of hydrogen-bond acceptors (Lipinski definition) is 4. The molecule has 0 unspecified atom stereocenters. The number of nitrogens with one attached hydrogen (secondary N) is 1. The van der Waals surface area contributed by atoms with Crippen molar-refractivity contribution in [1.29, 1.82) is 0 Å². The molecule has 6 heteroatoms. The topological polar surface area (TPSA) is 50.8 Å². The number of aromatic nitrogens is 3. The fraction of sp³-hybridized carbons (Fsp3) is 0.211. The molecule has 2 heterocycles. The second-order valence-corrected chi connectivity index (χ2v) is 6.97. The Hall–Kier alpha value is -2.73. The van der Waals surface area contributed by atoms with E-state index in [9.17, 15) is 4.79 Å². The number of aryl methyl sites for hydroxylation is 3. The van der Waals surface area contributed by atoms with E-state index in [0.29, 0.717) is 0 Å². The van der Waals surface area contributed by atoms with Gasteiger partial charge in [-0.2, -0.15) is 9.36 Å². The lowest BCUT2D eigenvalue weighted by Crippen LogP contribution is -2.50. The Bertz CT molecular complexity index is 1000. The number of rotatable bonds is 4. The first-order valence-corrected chi connectivity index (χ1v) is 8.81. The second kappa shape index (κ2) is 7.03. The van der Waals surface area contributed by atoms with E-state index < -0.39 is 0 Å². The van der Waals surface area contributed by atoms with Crippen molar-refractivity contribution in [3.63, 3.8) is 0 Å². The highest BCUT2D eigenvalue weighted by molar-refractivity contribution is 7.16. The average Bonchev–Trinajstić information content (AvgIpc) is 2.94. The van der Waals surface area contributed by atoms with Gasteiger partial charge in [-0.25, -0.2) is 9.55 Å². The lowest BCUT2D eigenvalue weighted by molar-refractivity contribution is -0.690. The van der Waals surface area contributed by atoms with Gasteiger partial charge in [0.25, 0.3) is 0 Å². The van der Waals surface area contributed by atoms with Gasteiger partial charge in [-0.1, -0.05) is 29.5 Å². The normalized spacial score (nSPS) is 11.2. The SMILES string of the molecule is Cc1ccccc1Nc1nc(C)c(C=Cc2cc[n+](C)c(=O)n2C)s1. The predicted octanol–water partition coefficient (Wildman–Crippen LogP) is 3.20. The maximum absolute atomic E-state index is 12.0. The molecule has 128 valence electrons. The van der Waals surface area contributed by atoms with Crippen LogP contribution in [0.25, 0.3) is 12.2 Å². The zero-order chi connectivity index (χ0) is 18.0. The minimum atomic E-state index is -0.0508. The summed E-state index contributed by atoms with van der Waals surface area (Å²) in [6, 6.07) is 10.1. The molecule has 1 aromatic carbocycles. The molecular weight excluding hydrogens is 332 g/mol. The van der Waals surface area contributed by atoms with Crippen LogP contribution in [0.5, 0.6) is 0 Å². The van der Waals surface area contributed by atoms with Crippen molar-refractivity contribution >= 4 is 34.3 Å². The largest absolute Gasteiger partial charge is 0.497 e. The van der Waals surface area contributed by atoms with Crippen LogP contribution >= 0.6 is 11.3 Å². The number of anilines is 2. The van der Waals surface area contributed by atoms with Crippen LogP contribution in [0.1, 0.15) is 21.8 Å². The van der Waals surface area contributed by atoms with Gasteiger partial charge in [-0.15, -0.1) is 0 Å². The van der Waals surface area contributed by atoms with E-state index in [1.54, 1.807) is 40.8 Å². The molecule has 2 aromatic heterocycles. The van der Waals surface area contributed by atoms with Gasteiger partial charge in [0.2, 0.25) is 0 Å². The van der Waals surface area contributed by atoms with Crippen LogP contribution in [-0.4, -0.2) is 9.55 Å². The number of benzene rings is 1. The summed E-state index contributed by atoms with van der Waals surface area (Å²) in [6.07, 6.45) is 5.72. The summed E-state index contributed by atoms with van der Waals surface area (Å²) >= 11 is 1.59. The molecule has 0 aliphatic rings. The molecule has 0 fully saturated rings. The van der Waals surface area contributed by atoms with Gasteiger partial charge in [0.1, 0.15) is 5.69 Å². The number of thiazole rings is 1. The summed E-state index contributed by atoms with van der Waals surface area (Å²) < 4.78 is 3.18. The van der Waals surface area contributed by atoms with Crippen LogP contribution in [0.4, 0.5) is 10.8 Å². The minimum Gasteiger partial charge on any atom is -0.331 e. The summed E-state index contributed by atoms with van der Waals surface area (Å²) in [5, 5.41) is 4.24. The first-order chi connectivity index (χ1) is 12.0. The summed E-state index contributed by atoms with van der Waals surface area (Å²) in [5.74, 6) is 0. The first-order valence-electron chi connectivity index (χ1n) is 7.99. The zero-order valence-corrected chi connectivity index (χ0v) is 15.6. The van der Waals surface area contributed by atoms with E-state index in [-0.39, 0.29) is 5.69 Å². The Balaban J connectivity index is 1.85. The molecule has 5 nitrogen and oxygen atoms in total. The summed E-state index contributed by atoms with van der Waals surface area (Å²) in [6.45, 7) is 4.06. The number of nitrogens with zero attached hydrogens (tertiary/aromatic N) is 3. The fourth-order valence-corrected chi connectivity index (χ4v) is 3.37. The highest BCUT2D eigenvalue weighted by Gasteiger charge is 2.09. The van der Waals surface area contributed by atoms with Gasteiger partial charge in [0.05, 0.1) is 30.9 Å². The van der Waals surface area contributed by atoms with Crippen LogP contribution in [0, 0.1) is 13.8 Å². The first kappa shape index (κ1) is 17.1. The van der Waals surface area contributed by atoms with Crippen molar-refractivity contribution in [1.82, 2.24) is 9.55 Å². The quantitative estimate of drug-likeness (QED) is 0.733. The molecule has 0 atom stereocenters. The van der Waals surface area contributed by atoms with Crippen molar-refractivity contribution in [3.05, 3.63) is 68.8 Å². The van der Waals surface area contributed by atoms with Crippen LogP contribution in [-0.2, 0) is 14.1 Å². The van der Waals surface area contributed by atoms with Gasteiger partial charge in [0, 0.05) is 11.8 Å². The van der Waals surface area contributed by atoms with Crippen LogP contribution in [0.2, 0.25) is 0 Å². The van der Waals surface area contributed by atoms with Crippen LogP contribution in [0.15, 0.2) is 41.3 Å². The van der Waals surface area contributed by atoms with Crippen molar-refractivity contribution in [2.24, 2.45) is 14.1 Å². The molecule has 25 heavy (non-hydrogen) atoms. The maximum atomic E-state index is 12.0. The highest BCUT2D eigenvalue weighted by Crippen LogP contribution is 2.28. The molecule has 0 saturated carbocycles. The molecule has 0 saturated heterocycles. The van der Waals surface area contributed by atoms with E-state index in [1.807, 2.05) is 43.3 Å². The fourth-order valence-electron chi connectivity index (χ4n) is 2.48. The monoisotopic (exact) mass is 353 g/mol. The van der Waals surface area contributed by atoms with Gasteiger partial charge in [0.15, 0.2) is 5.13 Å². The van der Waals surface area contributed by atoms with E-state index in [4.69, 9.17) is 0 Å². The molecule has 0 spiro atoms. The summed E-state index contributed by atoms with van der Waals surface area (Å²) in [4.78, 5) is 17.6. The Morgan fingerprint density at radius 1 is 1.20 bits per heavy atom. The zero-order valence-electron chi connectivity index (χ0n) is 14.8. The lowest BCUT2D eigenvalue weighted by atomic mass is 10.2. The Labute approximate surface area is 150 Å². The lowest BCUT2D eigenvalue weighted by Gasteiger charge is -2.05. The average molecular weight is 353 g/mol. The Morgan fingerprint density at radius 3 is 2.72 bits per heavy atom. The standard InChI is InChI=1S/C19H20N4OS/c1-13-7-5-6-8-16(13)21-18-20-14(2)17(25-18)10-9-15-11-12-22(3)19(24)23(15)4/h5-12H,1-4H3/p+1. The molecule has 0 amide bonds. The molecule has 0 bridgehead atoms. The van der Waals surface area contributed by atoms with Crippen molar-refractivity contribution < 1.29 is 4.57 Å². The maximum Gasteiger partial charge on any atom is 0.497 e. The molecule has 0 radical (unpaired) electrons. The highest BCUT2D eigenvalue weighted by atomic mass is 32.1. The molecule has 3 aromatic rings. The summed E-state index contributed by atoms with van der Waals surface area (Å²) in [7, 11) is 3.51. The smallest absolute Gasteiger partial charge is 0.331 e. The number of para-hydroxylation sites is 1. The van der Waals surface area contributed by atoms with Gasteiger partial charge in [-0.3, -0.25) is 0 Å². The molecule has 0 aliphatic heterocycles. The molecule has 0 aliphatic carbocycles. The minimum absolute atomic E-state index is 0.0508. The second-order valence-electron chi connectivity index (χ2n) is 5.94. The summed E-state index contributed by atoms with van der Waals surface area (Å²) in [5.41, 5.74) is 4.00. The predicted molar refractivity (Wildman–Crippen MR) is 103 cm³/mol. The third kappa shape index (κ3) is 3.69. The molecule has 1 N–H and O–H groups in total. The Kier molecular flexibility index (Phi) is 4.81. The van der Waals surface area contributed by atoms with Crippen LogP contribution < -0.4 is 15.6 Å². The third-order valence-corrected chi connectivity index (χ3v) is 5.11. The number of hydrogen-bond donors (Lipinski definition) is 1. The van der Waals surface area contributed by atoms with Gasteiger partial charge in [-0.05, 0) is 37.6 Å². The van der Waals surface area contributed by atoms with Crippen molar-refractivity contribution in [3.8, 4) is 0 Å². The van der Waals surface area contributed by atoms with E-state index >= 15 is 0 Å². The van der Waals surface area contributed by atoms with Crippen LogP contribution in [0.3, 0.4) is 0 Å². The Morgan fingerprint density at radius 2 is 1.96 bits per heavy atom. The van der Waals surface area contributed by atoms with Gasteiger partial charge < -0.3 is 5.32 Å². The van der Waals surface area contributed by atoms with Crippen molar-refractivity contribution in [2.45, 2.75) is 13.8 Å².